The van der Waals surface area contributed by atoms with Crippen LogP contribution in [0, 0.1) is 6.92 Å². The Morgan fingerprint density at radius 2 is 1.88 bits per heavy atom. The van der Waals surface area contributed by atoms with Crippen LogP contribution in [0.25, 0.3) is 11.3 Å². The summed E-state index contributed by atoms with van der Waals surface area (Å²) in [6, 6.07) is 12.8. The third-order valence-electron chi connectivity index (χ3n) is 3.74. The standard InChI is InChI=1S/C19H19N3O3S/c1-12-18(14-5-7-15(24-2)8-6-14)21-19(26-12)22-20-11-13-4-9-16(23)17(10-13)25-3/h4-11,23H,1-3H3,(H,21,22)/b20-11-. The van der Waals surface area contributed by atoms with Crippen molar-refractivity contribution in [1.82, 2.24) is 4.98 Å². The number of aromatic hydroxyl groups is 1. The van der Waals surface area contributed by atoms with Gasteiger partial charge in [-0.15, -0.1) is 11.3 Å². The summed E-state index contributed by atoms with van der Waals surface area (Å²) in [6.45, 7) is 2.02. The van der Waals surface area contributed by atoms with Gasteiger partial charge in [0.15, 0.2) is 11.5 Å². The number of nitrogens with zero attached hydrogens (tertiary/aromatic N) is 2. The van der Waals surface area contributed by atoms with Crippen LogP contribution in [0.1, 0.15) is 10.4 Å². The number of rotatable bonds is 6. The molecule has 2 N–H and O–H groups in total. The Morgan fingerprint density at radius 1 is 1.12 bits per heavy atom. The van der Waals surface area contributed by atoms with Crippen molar-refractivity contribution in [2.45, 2.75) is 6.92 Å². The molecule has 0 saturated heterocycles. The van der Waals surface area contributed by atoms with E-state index < -0.39 is 0 Å². The molecule has 0 fully saturated rings. The highest BCUT2D eigenvalue weighted by Crippen LogP contribution is 2.31. The fourth-order valence-corrected chi connectivity index (χ4v) is 3.18. The molecule has 7 heteroatoms. The maximum absolute atomic E-state index is 9.61. The second-order valence-electron chi connectivity index (χ2n) is 5.45. The Morgan fingerprint density at radius 3 is 2.58 bits per heavy atom. The van der Waals surface area contributed by atoms with Crippen molar-refractivity contribution in [3.05, 3.63) is 52.9 Å². The Balaban J connectivity index is 1.73. The topological polar surface area (TPSA) is 76.0 Å². The normalized spacial score (nSPS) is 10.9. The van der Waals surface area contributed by atoms with Gasteiger partial charge in [-0.3, -0.25) is 5.43 Å². The van der Waals surface area contributed by atoms with E-state index in [9.17, 15) is 5.11 Å². The van der Waals surface area contributed by atoms with Crippen LogP contribution in [0.2, 0.25) is 0 Å². The molecule has 0 bridgehead atoms. The quantitative estimate of drug-likeness (QED) is 0.501. The van der Waals surface area contributed by atoms with Gasteiger partial charge in [-0.1, -0.05) is 0 Å². The number of aryl methyl sites for hydroxylation is 1. The first kappa shape index (κ1) is 17.8. The number of benzene rings is 2. The number of methoxy groups -OCH3 is 2. The molecule has 1 aromatic heterocycles. The average molecular weight is 369 g/mol. The minimum absolute atomic E-state index is 0.0947. The van der Waals surface area contributed by atoms with Crippen molar-refractivity contribution >= 4 is 22.7 Å². The number of phenolic OH excluding ortho intramolecular Hbond substituents is 1. The van der Waals surface area contributed by atoms with Crippen LogP contribution in [0.5, 0.6) is 17.2 Å². The summed E-state index contributed by atoms with van der Waals surface area (Å²) in [4.78, 5) is 5.70. The van der Waals surface area contributed by atoms with E-state index in [0.29, 0.717) is 10.9 Å². The average Bonchev–Trinajstić information content (AvgIpc) is 3.03. The molecule has 0 aliphatic heterocycles. The molecule has 0 saturated carbocycles. The summed E-state index contributed by atoms with van der Waals surface area (Å²) >= 11 is 1.53. The molecule has 0 amide bonds. The van der Waals surface area contributed by atoms with Gasteiger partial charge in [0.2, 0.25) is 5.13 Å². The number of phenols is 1. The molecule has 6 nitrogen and oxygen atoms in total. The van der Waals surface area contributed by atoms with Crippen molar-refractivity contribution in [2.75, 3.05) is 19.6 Å². The van der Waals surface area contributed by atoms with Crippen LogP contribution < -0.4 is 14.9 Å². The second kappa shape index (κ2) is 7.88. The second-order valence-corrected chi connectivity index (χ2v) is 6.66. The number of hydrazone groups is 1. The molecule has 0 unspecified atom stereocenters. The zero-order valence-corrected chi connectivity index (χ0v) is 15.5. The summed E-state index contributed by atoms with van der Waals surface area (Å²) in [5.74, 6) is 1.31. The Kier molecular flexibility index (Phi) is 5.38. The third-order valence-corrected chi connectivity index (χ3v) is 4.61. The lowest BCUT2D eigenvalue weighted by molar-refractivity contribution is 0.373. The minimum atomic E-state index is 0.0947. The van der Waals surface area contributed by atoms with Crippen LogP contribution in [0.3, 0.4) is 0 Å². The summed E-state index contributed by atoms with van der Waals surface area (Å²) in [7, 11) is 3.15. The molecule has 1 heterocycles. The maximum Gasteiger partial charge on any atom is 0.204 e. The van der Waals surface area contributed by atoms with Crippen molar-refractivity contribution in [2.24, 2.45) is 5.10 Å². The fourth-order valence-electron chi connectivity index (χ4n) is 2.40. The van der Waals surface area contributed by atoms with Crippen molar-refractivity contribution in [3.63, 3.8) is 0 Å². The van der Waals surface area contributed by atoms with E-state index in [1.807, 2.05) is 31.2 Å². The van der Waals surface area contributed by atoms with Crippen LogP contribution >= 0.6 is 11.3 Å². The Labute approximate surface area is 155 Å². The van der Waals surface area contributed by atoms with Crippen molar-refractivity contribution < 1.29 is 14.6 Å². The number of thiazole rings is 1. The molecular formula is C19H19N3O3S. The maximum atomic E-state index is 9.61. The Bertz CT molecular complexity index is 920. The lowest BCUT2D eigenvalue weighted by atomic mass is 10.1. The highest BCUT2D eigenvalue weighted by molar-refractivity contribution is 7.15. The SMILES string of the molecule is COc1ccc(-c2nc(N/N=C\c3ccc(O)c(OC)c3)sc2C)cc1. The number of hydrogen-bond donors (Lipinski definition) is 2. The molecule has 0 aliphatic carbocycles. The number of anilines is 1. The molecule has 0 atom stereocenters. The molecule has 0 aliphatic rings. The van der Waals surface area contributed by atoms with Gasteiger partial charge in [0.25, 0.3) is 0 Å². The van der Waals surface area contributed by atoms with Gasteiger partial charge in [-0.2, -0.15) is 5.10 Å². The lowest BCUT2D eigenvalue weighted by Gasteiger charge is -2.03. The number of ether oxygens (including phenoxy) is 2. The first-order valence-corrected chi connectivity index (χ1v) is 8.70. The fraction of sp³-hybridized carbons (Fsp3) is 0.158. The van der Waals surface area contributed by atoms with Crippen LogP contribution in [-0.2, 0) is 0 Å². The molecule has 0 radical (unpaired) electrons. The minimum Gasteiger partial charge on any atom is -0.504 e. The molecular weight excluding hydrogens is 350 g/mol. The molecule has 2 aromatic carbocycles. The zero-order chi connectivity index (χ0) is 18.5. The third kappa shape index (κ3) is 3.94. The highest BCUT2D eigenvalue weighted by atomic mass is 32.1. The summed E-state index contributed by atoms with van der Waals surface area (Å²) in [5, 5.41) is 14.5. The van der Waals surface area contributed by atoms with E-state index >= 15 is 0 Å². The van der Waals surface area contributed by atoms with Crippen molar-refractivity contribution in [3.8, 4) is 28.5 Å². The first-order valence-electron chi connectivity index (χ1n) is 7.88. The van der Waals surface area contributed by atoms with Gasteiger partial charge in [-0.05, 0) is 55.0 Å². The van der Waals surface area contributed by atoms with E-state index in [1.54, 1.807) is 31.5 Å². The van der Waals surface area contributed by atoms with Gasteiger partial charge < -0.3 is 14.6 Å². The van der Waals surface area contributed by atoms with Crippen molar-refractivity contribution in [1.29, 1.82) is 0 Å². The predicted molar refractivity (Wildman–Crippen MR) is 105 cm³/mol. The number of hydrogen-bond acceptors (Lipinski definition) is 7. The van der Waals surface area contributed by atoms with Gasteiger partial charge >= 0.3 is 0 Å². The van der Waals surface area contributed by atoms with E-state index in [-0.39, 0.29) is 5.75 Å². The Hall–Kier alpha value is -3.06. The van der Waals surface area contributed by atoms with E-state index in [4.69, 9.17) is 9.47 Å². The number of nitrogens with one attached hydrogen (secondary N) is 1. The van der Waals surface area contributed by atoms with E-state index in [1.165, 1.54) is 18.4 Å². The molecule has 26 heavy (non-hydrogen) atoms. The van der Waals surface area contributed by atoms with E-state index in [0.717, 1.165) is 27.4 Å². The summed E-state index contributed by atoms with van der Waals surface area (Å²) in [5.41, 5.74) is 5.70. The van der Waals surface area contributed by atoms with Gasteiger partial charge in [0.05, 0.1) is 26.1 Å². The van der Waals surface area contributed by atoms with Crippen LogP contribution in [0.4, 0.5) is 5.13 Å². The largest absolute Gasteiger partial charge is 0.504 e. The van der Waals surface area contributed by atoms with Gasteiger partial charge in [-0.25, -0.2) is 4.98 Å². The smallest absolute Gasteiger partial charge is 0.204 e. The van der Waals surface area contributed by atoms with Crippen LogP contribution in [-0.4, -0.2) is 30.5 Å². The highest BCUT2D eigenvalue weighted by Gasteiger charge is 2.09. The molecule has 3 aromatic rings. The van der Waals surface area contributed by atoms with Gasteiger partial charge in [0, 0.05) is 10.4 Å². The summed E-state index contributed by atoms with van der Waals surface area (Å²) in [6.07, 6.45) is 1.64. The van der Waals surface area contributed by atoms with E-state index in [2.05, 4.69) is 15.5 Å². The first-order chi connectivity index (χ1) is 12.6. The van der Waals surface area contributed by atoms with Crippen LogP contribution in [0.15, 0.2) is 47.6 Å². The molecule has 134 valence electrons. The molecule has 0 spiro atoms. The monoisotopic (exact) mass is 369 g/mol. The zero-order valence-electron chi connectivity index (χ0n) is 14.7. The lowest BCUT2D eigenvalue weighted by Crippen LogP contribution is -1.91. The summed E-state index contributed by atoms with van der Waals surface area (Å²) < 4.78 is 10.3. The number of aromatic nitrogens is 1. The molecule has 3 rings (SSSR count). The predicted octanol–water partition coefficient (Wildman–Crippen LogP) is 4.29. The van der Waals surface area contributed by atoms with Gasteiger partial charge in [0.1, 0.15) is 5.75 Å².